The third kappa shape index (κ3) is 3.60. The molecule has 20 heavy (non-hydrogen) atoms. The van der Waals surface area contributed by atoms with Crippen molar-refractivity contribution in [2.75, 3.05) is 17.7 Å². The lowest BCUT2D eigenvalue weighted by atomic mass is 10.3. The number of hydrogen-bond donors (Lipinski definition) is 0. The molecular weight excluding hydrogens is 274 g/mol. The van der Waals surface area contributed by atoms with Crippen molar-refractivity contribution in [1.29, 1.82) is 0 Å². The predicted octanol–water partition coefficient (Wildman–Crippen LogP) is 2.40. The van der Waals surface area contributed by atoms with E-state index in [2.05, 4.69) is 0 Å². The highest BCUT2D eigenvalue weighted by Crippen LogP contribution is 2.25. The average Bonchev–Trinajstić information content (AvgIpc) is 3.00. The zero-order valence-corrected chi connectivity index (χ0v) is 12.6. The molecule has 2 rings (SSSR count). The number of para-hydroxylation sites is 1. The molecule has 1 aliphatic carbocycles. The van der Waals surface area contributed by atoms with Gasteiger partial charge in [0.2, 0.25) is 5.91 Å². The molecule has 5 heteroatoms. The van der Waals surface area contributed by atoms with Crippen LogP contribution in [0.4, 0.5) is 5.69 Å². The van der Waals surface area contributed by atoms with E-state index < -0.39 is 9.84 Å². The zero-order valence-electron chi connectivity index (χ0n) is 11.8. The molecule has 0 heterocycles. The highest BCUT2D eigenvalue weighted by molar-refractivity contribution is 7.92. The van der Waals surface area contributed by atoms with Crippen molar-refractivity contribution in [3.05, 3.63) is 30.3 Å². The highest BCUT2D eigenvalue weighted by Gasteiger charge is 2.29. The Morgan fingerprint density at radius 3 is 2.40 bits per heavy atom. The number of benzene rings is 1. The molecule has 1 aromatic rings. The van der Waals surface area contributed by atoms with Crippen LogP contribution in [0.5, 0.6) is 0 Å². The van der Waals surface area contributed by atoms with Crippen LogP contribution in [0.3, 0.4) is 0 Å². The summed E-state index contributed by atoms with van der Waals surface area (Å²) in [5, 5.41) is -0.225. The molecule has 4 nitrogen and oxygen atoms in total. The Morgan fingerprint density at radius 2 is 1.80 bits per heavy atom. The SMILES string of the molecule is CN(C(=O)CCS(=O)(=O)C1CCCC1)c1ccccc1. The van der Waals surface area contributed by atoms with Gasteiger partial charge in [-0.2, -0.15) is 0 Å². The van der Waals surface area contributed by atoms with Crippen LogP contribution in [-0.4, -0.2) is 32.4 Å². The first kappa shape index (κ1) is 15.0. The largest absolute Gasteiger partial charge is 0.315 e. The number of nitrogens with zero attached hydrogens (tertiary/aromatic N) is 1. The molecule has 1 saturated carbocycles. The second-order valence-corrected chi connectivity index (χ2v) is 7.71. The summed E-state index contributed by atoms with van der Waals surface area (Å²) in [6.45, 7) is 0. The Balaban J connectivity index is 1.92. The van der Waals surface area contributed by atoms with Gasteiger partial charge in [0.1, 0.15) is 0 Å². The summed E-state index contributed by atoms with van der Waals surface area (Å²) >= 11 is 0. The van der Waals surface area contributed by atoms with E-state index in [1.165, 1.54) is 4.90 Å². The third-order valence-electron chi connectivity index (χ3n) is 3.93. The minimum Gasteiger partial charge on any atom is -0.315 e. The smallest absolute Gasteiger partial charge is 0.227 e. The maximum absolute atomic E-state index is 12.1. The van der Waals surface area contributed by atoms with Crippen LogP contribution in [0.2, 0.25) is 0 Å². The van der Waals surface area contributed by atoms with Crippen molar-refractivity contribution in [3.63, 3.8) is 0 Å². The van der Waals surface area contributed by atoms with Crippen molar-refractivity contribution >= 4 is 21.4 Å². The van der Waals surface area contributed by atoms with Crippen LogP contribution in [0.25, 0.3) is 0 Å². The summed E-state index contributed by atoms with van der Waals surface area (Å²) in [6, 6.07) is 9.27. The van der Waals surface area contributed by atoms with Gasteiger partial charge < -0.3 is 4.90 Å². The van der Waals surface area contributed by atoms with Gasteiger partial charge in [0, 0.05) is 19.2 Å². The Bertz CT molecular complexity index is 548. The van der Waals surface area contributed by atoms with E-state index in [0.717, 1.165) is 31.4 Å². The lowest BCUT2D eigenvalue weighted by Gasteiger charge is -2.18. The molecule has 0 spiro atoms. The van der Waals surface area contributed by atoms with E-state index in [0.29, 0.717) is 0 Å². The minimum absolute atomic E-state index is 0.0341. The quantitative estimate of drug-likeness (QED) is 0.838. The maximum Gasteiger partial charge on any atom is 0.227 e. The van der Waals surface area contributed by atoms with Gasteiger partial charge in [-0.3, -0.25) is 4.79 Å². The average molecular weight is 295 g/mol. The van der Waals surface area contributed by atoms with E-state index in [4.69, 9.17) is 0 Å². The Labute approximate surface area is 120 Å². The van der Waals surface area contributed by atoms with Crippen molar-refractivity contribution in [2.24, 2.45) is 0 Å². The van der Waals surface area contributed by atoms with Crippen LogP contribution >= 0.6 is 0 Å². The molecular formula is C15H21NO3S. The van der Waals surface area contributed by atoms with Crippen molar-refractivity contribution in [2.45, 2.75) is 37.4 Å². The zero-order chi connectivity index (χ0) is 14.6. The van der Waals surface area contributed by atoms with E-state index in [1.807, 2.05) is 30.3 Å². The second-order valence-electron chi connectivity index (χ2n) is 5.31. The summed E-state index contributed by atoms with van der Waals surface area (Å²) < 4.78 is 24.3. The van der Waals surface area contributed by atoms with Gasteiger partial charge in [-0.15, -0.1) is 0 Å². The van der Waals surface area contributed by atoms with E-state index in [1.54, 1.807) is 7.05 Å². The normalized spacial score (nSPS) is 16.2. The van der Waals surface area contributed by atoms with Gasteiger partial charge in [-0.1, -0.05) is 31.0 Å². The second kappa shape index (κ2) is 6.39. The van der Waals surface area contributed by atoms with Gasteiger partial charge in [0.05, 0.1) is 11.0 Å². The Kier molecular flexibility index (Phi) is 4.81. The van der Waals surface area contributed by atoms with Crippen LogP contribution in [-0.2, 0) is 14.6 Å². The lowest BCUT2D eigenvalue weighted by Crippen LogP contribution is -2.30. The molecule has 0 saturated heterocycles. The topological polar surface area (TPSA) is 54.5 Å². The van der Waals surface area contributed by atoms with Crippen LogP contribution in [0, 0.1) is 0 Å². The summed E-state index contributed by atoms with van der Waals surface area (Å²) in [7, 11) is -1.44. The van der Waals surface area contributed by atoms with Gasteiger partial charge in [0.25, 0.3) is 0 Å². The van der Waals surface area contributed by atoms with Crippen molar-refractivity contribution < 1.29 is 13.2 Å². The van der Waals surface area contributed by atoms with E-state index in [9.17, 15) is 13.2 Å². The van der Waals surface area contributed by atoms with Gasteiger partial charge >= 0.3 is 0 Å². The van der Waals surface area contributed by atoms with Gasteiger partial charge in [-0.25, -0.2) is 8.42 Å². The van der Waals surface area contributed by atoms with Gasteiger partial charge in [-0.05, 0) is 25.0 Å². The minimum atomic E-state index is -3.12. The predicted molar refractivity (Wildman–Crippen MR) is 80.5 cm³/mol. The monoisotopic (exact) mass is 295 g/mol. The molecule has 110 valence electrons. The summed E-state index contributed by atoms with van der Waals surface area (Å²) in [6.07, 6.45) is 3.55. The van der Waals surface area contributed by atoms with Crippen LogP contribution in [0.15, 0.2) is 30.3 Å². The molecule has 0 radical (unpaired) electrons. The number of anilines is 1. The van der Waals surface area contributed by atoms with Crippen LogP contribution in [0.1, 0.15) is 32.1 Å². The standard InChI is InChI=1S/C15H21NO3S/c1-16(13-7-3-2-4-8-13)15(17)11-12-20(18,19)14-9-5-6-10-14/h2-4,7-8,14H,5-6,9-12H2,1H3. The number of carbonyl (C=O) groups is 1. The highest BCUT2D eigenvalue weighted by atomic mass is 32.2. The molecule has 0 aromatic heterocycles. The maximum atomic E-state index is 12.1. The first-order valence-corrected chi connectivity index (χ1v) is 8.75. The summed E-state index contributed by atoms with van der Waals surface area (Å²) in [5.74, 6) is -0.189. The summed E-state index contributed by atoms with van der Waals surface area (Å²) in [5.41, 5.74) is 0.788. The first-order valence-electron chi connectivity index (χ1n) is 7.04. The molecule has 0 bridgehead atoms. The fraction of sp³-hybridized carbons (Fsp3) is 0.533. The number of sulfone groups is 1. The lowest BCUT2D eigenvalue weighted by molar-refractivity contribution is -0.117. The Hall–Kier alpha value is -1.36. The van der Waals surface area contributed by atoms with E-state index in [-0.39, 0.29) is 23.3 Å². The number of amides is 1. The fourth-order valence-corrected chi connectivity index (χ4v) is 4.45. The molecule has 1 amide bonds. The van der Waals surface area contributed by atoms with Crippen LogP contribution < -0.4 is 4.90 Å². The molecule has 1 fully saturated rings. The molecule has 0 N–H and O–H groups in total. The summed E-state index contributed by atoms with van der Waals surface area (Å²) in [4.78, 5) is 13.6. The number of carbonyl (C=O) groups excluding carboxylic acids is 1. The molecule has 0 atom stereocenters. The molecule has 1 aliphatic rings. The molecule has 0 unspecified atom stereocenters. The third-order valence-corrected chi connectivity index (χ3v) is 6.19. The fourth-order valence-electron chi connectivity index (χ4n) is 2.61. The first-order chi connectivity index (χ1) is 9.50. The van der Waals surface area contributed by atoms with Crippen molar-refractivity contribution in [1.82, 2.24) is 0 Å². The molecule has 1 aromatic carbocycles. The number of rotatable bonds is 5. The number of hydrogen-bond acceptors (Lipinski definition) is 3. The molecule has 0 aliphatic heterocycles. The van der Waals surface area contributed by atoms with Gasteiger partial charge in [0.15, 0.2) is 9.84 Å². The van der Waals surface area contributed by atoms with Crippen molar-refractivity contribution in [3.8, 4) is 0 Å². The Morgan fingerprint density at radius 1 is 1.20 bits per heavy atom. The van der Waals surface area contributed by atoms with E-state index >= 15 is 0 Å².